The molecule has 0 radical (unpaired) electrons. The number of aromatic nitrogens is 4. The highest BCUT2D eigenvalue weighted by atomic mass is 35.5. The summed E-state index contributed by atoms with van der Waals surface area (Å²) in [6.07, 6.45) is 0. The number of hydrogen-bond acceptors (Lipinski definition) is 4. The van der Waals surface area contributed by atoms with Crippen LogP contribution in [0.15, 0.2) is 12.1 Å². The van der Waals surface area contributed by atoms with Gasteiger partial charge in [-0.3, -0.25) is 0 Å². The Morgan fingerprint density at radius 2 is 1.90 bits per heavy atom. The van der Waals surface area contributed by atoms with E-state index in [9.17, 15) is 9.90 Å². The van der Waals surface area contributed by atoms with Crippen LogP contribution in [0.25, 0.3) is 5.82 Å². The third-order valence-electron chi connectivity index (χ3n) is 2.59. The molecule has 2 rings (SSSR count). The highest BCUT2D eigenvalue weighted by Gasteiger charge is 2.30. The van der Waals surface area contributed by atoms with Crippen molar-refractivity contribution in [3.8, 4) is 5.82 Å². The number of carboxylic acid groups (broad SMARTS) is 1. The van der Waals surface area contributed by atoms with Crippen LogP contribution in [0, 0.1) is 0 Å². The molecule has 0 fully saturated rings. The smallest absolute Gasteiger partial charge is 0.340 e. The van der Waals surface area contributed by atoms with Crippen molar-refractivity contribution in [2.75, 3.05) is 0 Å². The Balaban J connectivity index is 2.67. The van der Waals surface area contributed by atoms with Crippen molar-refractivity contribution in [2.45, 2.75) is 26.2 Å². The molecule has 0 unspecified atom stereocenters. The van der Waals surface area contributed by atoms with Gasteiger partial charge in [0.15, 0.2) is 11.0 Å². The number of hydrogen-bond donors (Lipinski definition) is 1. The fourth-order valence-electron chi connectivity index (χ4n) is 1.69. The summed E-state index contributed by atoms with van der Waals surface area (Å²) in [6, 6.07) is 3.09. The monoisotopic (exact) mass is 314 g/mol. The fraction of sp³-hybridized carbons (Fsp3) is 0.333. The Kier molecular flexibility index (Phi) is 3.71. The Bertz CT molecular complexity index is 659. The number of carboxylic acids is 1. The van der Waals surface area contributed by atoms with Gasteiger partial charge in [-0.2, -0.15) is 5.10 Å². The van der Waals surface area contributed by atoms with Crippen LogP contribution < -0.4 is 0 Å². The maximum atomic E-state index is 11.4. The number of nitrogens with zero attached hydrogens (tertiary/aromatic N) is 4. The summed E-state index contributed by atoms with van der Waals surface area (Å²) in [4.78, 5) is 11.4. The normalized spacial score (nSPS) is 11.7. The van der Waals surface area contributed by atoms with Gasteiger partial charge >= 0.3 is 5.97 Å². The van der Waals surface area contributed by atoms with Gasteiger partial charge in [0.25, 0.3) is 0 Å². The molecule has 0 saturated heterocycles. The van der Waals surface area contributed by atoms with E-state index in [1.807, 2.05) is 20.8 Å². The van der Waals surface area contributed by atoms with E-state index >= 15 is 0 Å². The van der Waals surface area contributed by atoms with E-state index in [1.165, 1.54) is 10.7 Å². The Morgan fingerprint density at radius 3 is 2.30 bits per heavy atom. The molecule has 20 heavy (non-hydrogen) atoms. The van der Waals surface area contributed by atoms with E-state index < -0.39 is 11.4 Å². The van der Waals surface area contributed by atoms with Crippen LogP contribution >= 0.6 is 23.2 Å². The molecule has 0 aliphatic heterocycles. The first-order chi connectivity index (χ1) is 9.21. The Labute approximate surface area is 125 Å². The van der Waals surface area contributed by atoms with Crippen LogP contribution in [0.5, 0.6) is 0 Å². The zero-order valence-electron chi connectivity index (χ0n) is 11.1. The van der Waals surface area contributed by atoms with Crippen molar-refractivity contribution >= 4 is 29.2 Å². The first-order valence-electron chi connectivity index (χ1n) is 5.73. The lowest BCUT2D eigenvalue weighted by atomic mass is 9.89. The summed E-state index contributed by atoms with van der Waals surface area (Å²) < 4.78 is 1.24. The molecule has 0 saturated carbocycles. The van der Waals surface area contributed by atoms with E-state index in [-0.39, 0.29) is 15.9 Å². The van der Waals surface area contributed by atoms with Crippen LogP contribution in [-0.4, -0.2) is 31.1 Å². The summed E-state index contributed by atoms with van der Waals surface area (Å²) in [5.74, 6) is -0.828. The number of carbonyl (C=O) groups is 1. The molecule has 2 aromatic rings. The van der Waals surface area contributed by atoms with Crippen molar-refractivity contribution < 1.29 is 9.90 Å². The van der Waals surface area contributed by atoms with Crippen molar-refractivity contribution in [2.24, 2.45) is 0 Å². The predicted octanol–water partition coefficient (Wildman–Crippen LogP) is 2.96. The molecule has 0 spiro atoms. The maximum Gasteiger partial charge on any atom is 0.340 e. The standard InChI is InChI=1S/C12H12Cl2N4O2/c1-12(2,3)9-8(11(19)20)10(14)18(17-9)7-5-4-6(13)15-16-7/h4-5H,1-3H3,(H,19,20). The minimum atomic E-state index is -1.13. The summed E-state index contributed by atoms with van der Waals surface area (Å²) in [6.45, 7) is 5.57. The minimum Gasteiger partial charge on any atom is -0.478 e. The quantitative estimate of drug-likeness (QED) is 0.921. The number of aromatic carboxylic acids is 1. The molecule has 0 aliphatic rings. The second-order valence-electron chi connectivity index (χ2n) is 5.20. The second-order valence-corrected chi connectivity index (χ2v) is 5.94. The van der Waals surface area contributed by atoms with Gasteiger partial charge in [0.2, 0.25) is 0 Å². The highest BCUT2D eigenvalue weighted by Crippen LogP contribution is 2.31. The van der Waals surface area contributed by atoms with E-state index in [1.54, 1.807) is 6.07 Å². The molecule has 2 aromatic heterocycles. The average molecular weight is 315 g/mol. The van der Waals surface area contributed by atoms with E-state index in [4.69, 9.17) is 23.2 Å². The maximum absolute atomic E-state index is 11.4. The van der Waals surface area contributed by atoms with Gasteiger partial charge in [0, 0.05) is 5.41 Å². The van der Waals surface area contributed by atoms with Gasteiger partial charge < -0.3 is 5.11 Å². The molecule has 6 nitrogen and oxygen atoms in total. The van der Waals surface area contributed by atoms with Crippen molar-refractivity contribution in [3.63, 3.8) is 0 Å². The van der Waals surface area contributed by atoms with E-state index in [2.05, 4.69) is 15.3 Å². The average Bonchev–Trinajstić information content (AvgIpc) is 2.68. The zero-order valence-corrected chi connectivity index (χ0v) is 12.6. The molecule has 8 heteroatoms. The summed E-state index contributed by atoms with van der Waals surface area (Å²) in [5, 5.41) is 21.3. The Hall–Kier alpha value is -1.66. The fourth-order valence-corrected chi connectivity index (χ4v) is 2.08. The van der Waals surface area contributed by atoms with Crippen molar-refractivity contribution in [1.82, 2.24) is 20.0 Å². The van der Waals surface area contributed by atoms with Crippen molar-refractivity contribution in [3.05, 3.63) is 33.7 Å². The first kappa shape index (κ1) is 14.7. The van der Waals surface area contributed by atoms with Gasteiger partial charge in [-0.15, -0.1) is 10.2 Å². The molecule has 1 N–H and O–H groups in total. The van der Waals surface area contributed by atoms with Crippen LogP contribution in [0.3, 0.4) is 0 Å². The van der Waals surface area contributed by atoms with Crippen molar-refractivity contribution in [1.29, 1.82) is 0 Å². The van der Waals surface area contributed by atoms with Crippen LogP contribution in [-0.2, 0) is 5.41 Å². The molecular formula is C12H12Cl2N4O2. The van der Waals surface area contributed by atoms with Crippen LogP contribution in [0.2, 0.25) is 10.3 Å². The van der Waals surface area contributed by atoms with Crippen LogP contribution in [0.4, 0.5) is 0 Å². The lowest BCUT2D eigenvalue weighted by Crippen LogP contribution is -2.16. The molecular weight excluding hydrogens is 303 g/mol. The third kappa shape index (κ3) is 2.62. The van der Waals surface area contributed by atoms with Gasteiger partial charge in [-0.05, 0) is 12.1 Å². The summed E-state index contributed by atoms with van der Waals surface area (Å²) in [5.41, 5.74) is -0.120. The first-order valence-corrected chi connectivity index (χ1v) is 6.49. The van der Waals surface area contributed by atoms with E-state index in [0.29, 0.717) is 11.5 Å². The number of halogens is 2. The molecule has 0 amide bonds. The Morgan fingerprint density at radius 1 is 1.25 bits per heavy atom. The summed E-state index contributed by atoms with van der Waals surface area (Å²) >= 11 is 11.8. The predicted molar refractivity (Wildman–Crippen MR) is 74.8 cm³/mol. The minimum absolute atomic E-state index is 0.0148. The second kappa shape index (κ2) is 5.03. The molecule has 0 aromatic carbocycles. The molecule has 0 bridgehead atoms. The summed E-state index contributed by atoms with van der Waals surface area (Å²) in [7, 11) is 0. The van der Waals surface area contributed by atoms with Gasteiger partial charge in [0.05, 0.1) is 5.69 Å². The van der Waals surface area contributed by atoms with Crippen LogP contribution in [0.1, 0.15) is 36.8 Å². The molecule has 0 atom stereocenters. The van der Waals surface area contributed by atoms with E-state index in [0.717, 1.165) is 0 Å². The molecule has 2 heterocycles. The number of rotatable bonds is 2. The topological polar surface area (TPSA) is 80.9 Å². The van der Waals surface area contributed by atoms with Gasteiger partial charge in [-0.1, -0.05) is 44.0 Å². The van der Waals surface area contributed by atoms with Gasteiger partial charge in [-0.25, -0.2) is 9.48 Å². The lowest BCUT2D eigenvalue weighted by Gasteiger charge is -2.15. The highest BCUT2D eigenvalue weighted by molar-refractivity contribution is 6.33. The lowest BCUT2D eigenvalue weighted by molar-refractivity contribution is 0.0694. The zero-order chi connectivity index (χ0) is 15.1. The molecule has 0 aliphatic carbocycles. The SMILES string of the molecule is CC(C)(C)c1nn(-c2ccc(Cl)nn2)c(Cl)c1C(=O)O. The van der Waals surface area contributed by atoms with Gasteiger partial charge in [0.1, 0.15) is 10.7 Å². The third-order valence-corrected chi connectivity index (χ3v) is 3.14. The molecule has 106 valence electrons. The largest absolute Gasteiger partial charge is 0.478 e.